The molecule has 5 heteroatoms. The normalized spacial score (nSPS) is 11.6. The summed E-state index contributed by atoms with van der Waals surface area (Å²) in [5.41, 5.74) is 8.55. The SMILES string of the molecule is C=C(N)/N=C(/OCC)c1c(C)[nH]c(CC)c1Br. The molecule has 1 rings (SSSR count). The Labute approximate surface area is 110 Å². The molecule has 17 heavy (non-hydrogen) atoms. The molecule has 0 aliphatic heterocycles. The molecule has 0 saturated carbocycles. The highest BCUT2D eigenvalue weighted by Gasteiger charge is 2.18. The molecule has 0 fully saturated rings. The number of aryl methyl sites for hydroxylation is 2. The van der Waals surface area contributed by atoms with Crippen LogP contribution in [0.5, 0.6) is 0 Å². The Bertz CT molecular complexity index is 449. The average Bonchev–Trinajstić information content (AvgIpc) is 2.52. The molecule has 1 aromatic heterocycles. The lowest BCUT2D eigenvalue weighted by Gasteiger charge is -2.07. The number of nitrogens with zero attached hydrogens (tertiary/aromatic N) is 1. The van der Waals surface area contributed by atoms with Gasteiger partial charge in [0.2, 0.25) is 5.90 Å². The van der Waals surface area contributed by atoms with Crippen molar-refractivity contribution in [1.29, 1.82) is 0 Å². The van der Waals surface area contributed by atoms with Gasteiger partial charge in [-0.3, -0.25) is 0 Å². The summed E-state index contributed by atoms with van der Waals surface area (Å²) in [6.07, 6.45) is 0.907. The van der Waals surface area contributed by atoms with E-state index < -0.39 is 0 Å². The van der Waals surface area contributed by atoms with Crippen LogP contribution in [0.1, 0.15) is 30.8 Å². The van der Waals surface area contributed by atoms with E-state index in [-0.39, 0.29) is 5.82 Å². The predicted molar refractivity (Wildman–Crippen MR) is 74.1 cm³/mol. The maximum absolute atomic E-state index is 5.52. The predicted octanol–water partition coefficient (Wildman–Crippen LogP) is 2.86. The van der Waals surface area contributed by atoms with Crippen LogP contribution < -0.4 is 5.73 Å². The Balaban J connectivity index is 3.28. The molecule has 0 saturated heterocycles. The second-order valence-corrected chi connectivity index (χ2v) is 4.41. The minimum absolute atomic E-state index is 0.235. The van der Waals surface area contributed by atoms with Crippen LogP contribution in [0.3, 0.4) is 0 Å². The van der Waals surface area contributed by atoms with Crippen molar-refractivity contribution in [3.8, 4) is 0 Å². The third-order valence-corrected chi connectivity index (χ3v) is 3.17. The quantitative estimate of drug-likeness (QED) is 0.663. The molecule has 4 nitrogen and oxygen atoms in total. The van der Waals surface area contributed by atoms with Crippen LogP contribution in [0, 0.1) is 6.92 Å². The topological polar surface area (TPSA) is 63.4 Å². The molecule has 0 bridgehead atoms. The summed E-state index contributed by atoms with van der Waals surface area (Å²) in [7, 11) is 0. The molecule has 0 aromatic carbocycles. The number of ether oxygens (including phenoxy) is 1. The molecule has 1 aromatic rings. The van der Waals surface area contributed by atoms with Crippen LogP contribution in [0.25, 0.3) is 0 Å². The van der Waals surface area contributed by atoms with Crippen molar-refractivity contribution in [1.82, 2.24) is 4.98 Å². The number of nitrogens with one attached hydrogen (secondary N) is 1. The van der Waals surface area contributed by atoms with Crippen molar-refractivity contribution in [3.63, 3.8) is 0 Å². The number of aromatic nitrogens is 1. The van der Waals surface area contributed by atoms with Gasteiger partial charge in [0.05, 0.1) is 16.6 Å². The van der Waals surface area contributed by atoms with E-state index >= 15 is 0 Å². The number of rotatable bonds is 4. The van der Waals surface area contributed by atoms with Crippen molar-refractivity contribution in [2.45, 2.75) is 27.2 Å². The van der Waals surface area contributed by atoms with E-state index in [1.54, 1.807) is 0 Å². The summed E-state index contributed by atoms with van der Waals surface area (Å²) in [6.45, 7) is 10.1. The first kappa shape index (κ1) is 13.8. The second-order valence-electron chi connectivity index (χ2n) is 3.61. The van der Waals surface area contributed by atoms with Gasteiger partial charge in [-0.15, -0.1) is 0 Å². The monoisotopic (exact) mass is 299 g/mol. The summed E-state index contributed by atoms with van der Waals surface area (Å²) in [4.78, 5) is 7.43. The molecular weight excluding hydrogens is 282 g/mol. The maximum atomic E-state index is 5.52. The molecule has 0 unspecified atom stereocenters. The highest BCUT2D eigenvalue weighted by atomic mass is 79.9. The molecule has 0 aliphatic rings. The zero-order chi connectivity index (χ0) is 13.0. The number of nitrogens with two attached hydrogens (primary N) is 1. The van der Waals surface area contributed by atoms with Crippen LogP contribution in [-0.4, -0.2) is 17.5 Å². The second kappa shape index (κ2) is 5.91. The summed E-state index contributed by atoms with van der Waals surface area (Å²) in [5, 5.41) is 0. The van der Waals surface area contributed by atoms with Crippen LogP contribution in [0.4, 0.5) is 0 Å². The minimum Gasteiger partial charge on any atom is -0.477 e. The van der Waals surface area contributed by atoms with Gasteiger partial charge in [-0.1, -0.05) is 13.5 Å². The van der Waals surface area contributed by atoms with Gasteiger partial charge in [-0.2, -0.15) is 4.99 Å². The first-order chi connectivity index (χ1) is 8.01. The Hall–Kier alpha value is -1.23. The van der Waals surface area contributed by atoms with E-state index in [1.807, 2.05) is 13.8 Å². The fraction of sp³-hybridized carbons (Fsp3) is 0.417. The molecule has 0 aliphatic carbocycles. The first-order valence-corrected chi connectivity index (χ1v) is 6.33. The standard InChI is InChI=1S/C12H18BrN3O/c1-5-9-11(13)10(7(3)15-9)12(17-6-2)16-8(4)14/h15H,4-6,14H2,1-3H3/b16-12+. The summed E-state index contributed by atoms with van der Waals surface area (Å²) in [6, 6.07) is 0. The van der Waals surface area contributed by atoms with E-state index in [9.17, 15) is 0 Å². The summed E-state index contributed by atoms with van der Waals surface area (Å²) >= 11 is 3.56. The minimum atomic E-state index is 0.235. The van der Waals surface area contributed by atoms with Gasteiger partial charge in [0, 0.05) is 11.4 Å². The lowest BCUT2D eigenvalue weighted by molar-refractivity contribution is 0.328. The Morgan fingerprint density at radius 3 is 2.59 bits per heavy atom. The van der Waals surface area contributed by atoms with Crippen LogP contribution in [-0.2, 0) is 11.2 Å². The van der Waals surface area contributed by atoms with Gasteiger partial charge in [0.1, 0.15) is 5.82 Å². The first-order valence-electron chi connectivity index (χ1n) is 5.54. The van der Waals surface area contributed by atoms with Gasteiger partial charge < -0.3 is 15.5 Å². The van der Waals surface area contributed by atoms with E-state index in [2.05, 4.69) is 39.4 Å². The fourth-order valence-electron chi connectivity index (χ4n) is 1.58. The third kappa shape index (κ3) is 3.12. The summed E-state index contributed by atoms with van der Waals surface area (Å²) in [5.74, 6) is 0.735. The van der Waals surface area contributed by atoms with Crippen molar-refractivity contribution >= 4 is 21.8 Å². The molecule has 94 valence electrons. The Kier molecular flexibility index (Phi) is 4.81. The van der Waals surface area contributed by atoms with E-state index in [0.717, 1.165) is 27.8 Å². The fourth-order valence-corrected chi connectivity index (χ4v) is 2.43. The van der Waals surface area contributed by atoms with E-state index in [4.69, 9.17) is 10.5 Å². The number of aromatic amines is 1. The average molecular weight is 300 g/mol. The molecule has 3 N–H and O–H groups in total. The van der Waals surface area contributed by atoms with E-state index in [0.29, 0.717) is 12.5 Å². The molecule has 0 atom stereocenters. The van der Waals surface area contributed by atoms with Gasteiger partial charge in [0.25, 0.3) is 0 Å². The number of H-pyrrole nitrogens is 1. The van der Waals surface area contributed by atoms with Crippen molar-refractivity contribution < 1.29 is 4.74 Å². The maximum Gasteiger partial charge on any atom is 0.225 e. The number of hydrogen-bond acceptors (Lipinski definition) is 3. The third-order valence-electron chi connectivity index (χ3n) is 2.29. The highest BCUT2D eigenvalue weighted by Crippen LogP contribution is 2.26. The lowest BCUT2D eigenvalue weighted by atomic mass is 10.2. The van der Waals surface area contributed by atoms with Gasteiger partial charge in [-0.25, -0.2) is 0 Å². The Morgan fingerprint density at radius 2 is 2.18 bits per heavy atom. The van der Waals surface area contributed by atoms with Crippen LogP contribution >= 0.6 is 15.9 Å². The van der Waals surface area contributed by atoms with Crippen molar-refractivity contribution in [2.24, 2.45) is 10.7 Å². The number of aliphatic imine (C=N–C) groups is 1. The highest BCUT2D eigenvalue weighted by molar-refractivity contribution is 9.10. The zero-order valence-electron chi connectivity index (χ0n) is 10.4. The van der Waals surface area contributed by atoms with Gasteiger partial charge >= 0.3 is 0 Å². The van der Waals surface area contributed by atoms with Gasteiger partial charge in [0.15, 0.2) is 0 Å². The van der Waals surface area contributed by atoms with Crippen LogP contribution in [0.15, 0.2) is 21.9 Å². The van der Waals surface area contributed by atoms with Gasteiger partial charge in [-0.05, 0) is 36.2 Å². The van der Waals surface area contributed by atoms with E-state index in [1.165, 1.54) is 0 Å². The van der Waals surface area contributed by atoms with Crippen LogP contribution in [0.2, 0.25) is 0 Å². The molecule has 0 spiro atoms. The number of hydrogen-bond donors (Lipinski definition) is 2. The largest absolute Gasteiger partial charge is 0.477 e. The summed E-state index contributed by atoms with van der Waals surface area (Å²) < 4.78 is 6.50. The number of halogens is 1. The lowest BCUT2D eigenvalue weighted by Crippen LogP contribution is -2.10. The molecule has 0 amide bonds. The molecule has 1 heterocycles. The Morgan fingerprint density at radius 1 is 1.53 bits per heavy atom. The van der Waals surface area contributed by atoms with Crippen molar-refractivity contribution in [2.75, 3.05) is 6.61 Å². The smallest absolute Gasteiger partial charge is 0.225 e. The van der Waals surface area contributed by atoms with Crippen molar-refractivity contribution in [3.05, 3.63) is 33.8 Å². The molecular formula is C12H18BrN3O. The zero-order valence-corrected chi connectivity index (χ0v) is 12.0. The molecule has 0 radical (unpaired) electrons.